The standard InChI is InChI=1S/C14H20N2O3/c1-2-11-6-7-14(13(9-11)16(17)18)19-10-12-5-3-4-8-15-12/h6-7,9,12,15H,2-5,8,10H2,1H3. The summed E-state index contributed by atoms with van der Waals surface area (Å²) in [6.45, 7) is 3.47. The lowest BCUT2D eigenvalue weighted by Gasteiger charge is -2.23. The molecule has 0 bridgehead atoms. The fourth-order valence-corrected chi connectivity index (χ4v) is 2.30. The molecule has 2 rings (SSSR count). The number of nitrogens with zero attached hydrogens (tertiary/aromatic N) is 1. The maximum atomic E-state index is 11.1. The summed E-state index contributed by atoms with van der Waals surface area (Å²) in [5, 5.41) is 14.4. The van der Waals surface area contributed by atoms with Gasteiger partial charge in [-0.2, -0.15) is 0 Å². The van der Waals surface area contributed by atoms with Crippen LogP contribution in [0.1, 0.15) is 31.7 Å². The van der Waals surface area contributed by atoms with Gasteiger partial charge in [0.05, 0.1) is 4.92 Å². The van der Waals surface area contributed by atoms with Crippen LogP contribution >= 0.6 is 0 Å². The molecule has 1 aliphatic rings. The normalized spacial score (nSPS) is 19.1. The molecule has 1 unspecified atom stereocenters. The van der Waals surface area contributed by atoms with Gasteiger partial charge in [-0.05, 0) is 37.4 Å². The van der Waals surface area contributed by atoms with Crippen molar-refractivity contribution in [2.45, 2.75) is 38.6 Å². The average molecular weight is 264 g/mol. The topological polar surface area (TPSA) is 64.4 Å². The Morgan fingerprint density at radius 1 is 1.47 bits per heavy atom. The first-order chi connectivity index (χ1) is 9.20. The molecule has 1 atom stereocenters. The van der Waals surface area contributed by atoms with Gasteiger partial charge in [-0.25, -0.2) is 0 Å². The van der Waals surface area contributed by atoms with Crippen molar-refractivity contribution in [3.8, 4) is 5.75 Å². The van der Waals surface area contributed by atoms with Crippen LogP contribution < -0.4 is 10.1 Å². The highest BCUT2D eigenvalue weighted by atomic mass is 16.6. The molecule has 1 saturated heterocycles. The minimum absolute atomic E-state index is 0.0650. The second-order valence-corrected chi connectivity index (χ2v) is 4.87. The molecule has 1 N–H and O–H groups in total. The predicted molar refractivity (Wildman–Crippen MR) is 73.6 cm³/mol. The lowest BCUT2D eigenvalue weighted by molar-refractivity contribution is -0.385. The molecule has 5 nitrogen and oxygen atoms in total. The van der Waals surface area contributed by atoms with Crippen molar-refractivity contribution in [1.29, 1.82) is 0 Å². The van der Waals surface area contributed by atoms with Crippen LogP contribution in [0.4, 0.5) is 5.69 Å². The van der Waals surface area contributed by atoms with E-state index in [1.165, 1.54) is 12.8 Å². The summed E-state index contributed by atoms with van der Waals surface area (Å²) < 4.78 is 5.63. The van der Waals surface area contributed by atoms with Gasteiger partial charge in [0, 0.05) is 12.1 Å². The van der Waals surface area contributed by atoms with Crippen LogP contribution in [0.15, 0.2) is 18.2 Å². The van der Waals surface area contributed by atoms with Crippen molar-refractivity contribution in [2.24, 2.45) is 0 Å². The molecular formula is C14H20N2O3. The molecule has 0 aliphatic carbocycles. The van der Waals surface area contributed by atoms with E-state index in [0.29, 0.717) is 18.4 Å². The van der Waals surface area contributed by atoms with Gasteiger partial charge in [0.25, 0.3) is 0 Å². The van der Waals surface area contributed by atoms with E-state index in [-0.39, 0.29) is 10.6 Å². The van der Waals surface area contributed by atoms with Crippen molar-refractivity contribution in [1.82, 2.24) is 5.32 Å². The summed E-state index contributed by atoms with van der Waals surface area (Å²) >= 11 is 0. The number of nitro groups is 1. The van der Waals surface area contributed by atoms with E-state index in [9.17, 15) is 10.1 Å². The number of hydrogen-bond donors (Lipinski definition) is 1. The molecule has 1 heterocycles. The molecule has 19 heavy (non-hydrogen) atoms. The number of nitrogens with one attached hydrogen (secondary N) is 1. The number of rotatable bonds is 5. The largest absolute Gasteiger partial charge is 0.485 e. The Labute approximate surface area is 113 Å². The highest BCUT2D eigenvalue weighted by molar-refractivity contribution is 5.48. The smallest absolute Gasteiger partial charge is 0.311 e. The third-order valence-electron chi connectivity index (χ3n) is 3.48. The number of benzene rings is 1. The van der Waals surface area contributed by atoms with E-state index in [2.05, 4.69) is 5.32 Å². The molecule has 5 heteroatoms. The van der Waals surface area contributed by atoms with Crippen LogP contribution in [0.5, 0.6) is 5.75 Å². The molecule has 1 aliphatic heterocycles. The molecular weight excluding hydrogens is 244 g/mol. The number of aryl methyl sites for hydroxylation is 1. The van der Waals surface area contributed by atoms with E-state index >= 15 is 0 Å². The Morgan fingerprint density at radius 2 is 2.32 bits per heavy atom. The summed E-state index contributed by atoms with van der Waals surface area (Å²) in [6, 6.07) is 5.50. The van der Waals surface area contributed by atoms with Crippen molar-refractivity contribution in [3.05, 3.63) is 33.9 Å². The van der Waals surface area contributed by atoms with Crippen molar-refractivity contribution < 1.29 is 9.66 Å². The predicted octanol–water partition coefficient (Wildman–Crippen LogP) is 2.68. The van der Waals surface area contributed by atoms with Crippen LogP contribution in [0.2, 0.25) is 0 Å². The summed E-state index contributed by atoms with van der Waals surface area (Å²) in [6.07, 6.45) is 4.24. The van der Waals surface area contributed by atoms with E-state index in [4.69, 9.17) is 4.74 Å². The minimum atomic E-state index is -0.372. The van der Waals surface area contributed by atoms with Gasteiger partial charge in [-0.3, -0.25) is 10.1 Å². The number of piperidine rings is 1. The SMILES string of the molecule is CCc1ccc(OCC2CCCCN2)c([N+](=O)[O-])c1. The van der Waals surface area contributed by atoms with Crippen LogP contribution in [-0.4, -0.2) is 24.1 Å². The molecule has 104 valence electrons. The zero-order valence-corrected chi connectivity index (χ0v) is 11.2. The Morgan fingerprint density at radius 3 is 2.95 bits per heavy atom. The summed E-state index contributed by atoms with van der Waals surface area (Å²) in [5.41, 5.74) is 1.02. The Kier molecular flexibility index (Phi) is 4.74. The van der Waals surface area contributed by atoms with Crippen molar-refractivity contribution >= 4 is 5.69 Å². The fourth-order valence-electron chi connectivity index (χ4n) is 2.30. The van der Waals surface area contributed by atoms with E-state index in [1.807, 2.05) is 13.0 Å². The van der Waals surface area contributed by atoms with Gasteiger partial charge in [-0.1, -0.05) is 19.4 Å². The highest BCUT2D eigenvalue weighted by Gasteiger charge is 2.18. The zero-order valence-electron chi connectivity index (χ0n) is 11.2. The highest BCUT2D eigenvalue weighted by Crippen LogP contribution is 2.28. The molecule has 0 radical (unpaired) electrons. The molecule has 0 spiro atoms. The molecule has 1 aromatic carbocycles. The first-order valence-electron chi connectivity index (χ1n) is 6.84. The van der Waals surface area contributed by atoms with E-state index < -0.39 is 0 Å². The first-order valence-corrected chi connectivity index (χ1v) is 6.84. The summed E-state index contributed by atoms with van der Waals surface area (Å²) in [7, 11) is 0. The average Bonchev–Trinajstić information content (AvgIpc) is 2.46. The summed E-state index contributed by atoms with van der Waals surface area (Å²) in [5.74, 6) is 0.370. The third-order valence-corrected chi connectivity index (χ3v) is 3.48. The van der Waals surface area contributed by atoms with E-state index in [1.54, 1.807) is 12.1 Å². The first kappa shape index (κ1) is 13.8. The molecule has 0 amide bonds. The Hall–Kier alpha value is -1.62. The number of ether oxygens (including phenoxy) is 1. The van der Waals surface area contributed by atoms with Gasteiger partial charge < -0.3 is 10.1 Å². The van der Waals surface area contributed by atoms with Gasteiger partial charge >= 0.3 is 5.69 Å². The lowest BCUT2D eigenvalue weighted by atomic mass is 10.1. The number of nitro benzene ring substituents is 1. The third kappa shape index (κ3) is 3.67. The number of hydrogen-bond acceptors (Lipinski definition) is 4. The van der Waals surface area contributed by atoms with Gasteiger partial charge in [0.1, 0.15) is 6.61 Å². The maximum absolute atomic E-state index is 11.1. The van der Waals surface area contributed by atoms with Crippen molar-refractivity contribution in [3.63, 3.8) is 0 Å². The molecule has 0 aromatic heterocycles. The quantitative estimate of drug-likeness (QED) is 0.656. The molecule has 1 fully saturated rings. The van der Waals surface area contributed by atoms with Crippen LogP contribution in [-0.2, 0) is 6.42 Å². The molecule has 1 aromatic rings. The second kappa shape index (κ2) is 6.52. The van der Waals surface area contributed by atoms with Crippen LogP contribution in [0, 0.1) is 10.1 Å². The molecule has 0 saturated carbocycles. The van der Waals surface area contributed by atoms with Gasteiger partial charge in [0.2, 0.25) is 0 Å². The Bertz CT molecular complexity index is 442. The van der Waals surface area contributed by atoms with Crippen LogP contribution in [0.3, 0.4) is 0 Å². The van der Waals surface area contributed by atoms with Crippen molar-refractivity contribution in [2.75, 3.05) is 13.2 Å². The van der Waals surface area contributed by atoms with Crippen LogP contribution in [0.25, 0.3) is 0 Å². The lowest BCUT2D eigenvalue weighted by Crippen LogP contribution is -2.38. The minimum Gasteiger partial charge on any atom is -0.485 e. The maximum Gasteiger partial charge on any atom is 0.311 e. The van der Waals surface area contributed by atoms with E-state index in [0.717, 1.165) is 24.9 Å². The van der Waals surface area contributed by atoms with Gasteiger partial charge in [0.15, 0.2) is 5.75 Å². The fraction of sp³-hybridized carbons (Fsp3) is 0.571. The summed E-state index contributed by atoms with van der Waals surface area (Å²) in [4.78, 5) is 10.7. The zero-order chi connectivity index (χ0) is 13.7. The Balaban J connectivity index is 2.04. The second-order valence-electron chi connectivity index (χ2n) is 4.87. The monoisotopic (exact) mass is 264 g/mol. The van der Waals surface area contributed by atoms with Gasteiger partial charge in [-0.15, -0.1) is 0 Å².